The van der Waals surface area contributed by atoms with Gasteiger partial charge >= 0.3 is 0 Å². The maximum atomic E-state index is 13.2. The van der Waals surface area contributed by atoms with Gasteiger partial charge in [-0.3, -0.25) is 0 Å². The van der Waals surface area contributed by atoms with Crippen LogP contribution >= 0.6 is 27.3 Å². The maximum absolute atomic E-state index is 13.2. The van der Waals surface area contributed by atoms with Gasteiger partial charge in [0.05, 0.1) is 21.8 Å². The summed E-state index contributed by atoms with van der Waals surface area (Å²) in [4.78, 5) is 4.48. The van der Waals surface area contributed by atoms with Crippen LogP contribution in [0.25, 0.3) is 10.2 Å². The molecule has 0 spiro atoms. The van der Waals surface area contributed by atoms with Crippen molar-refractivity contribution in [3.05, 3.63) is 46.7 Å². The number of nitrogens with zero attached hydrogens (tertiary/aromatic N) is 1. The molecule has 0 saturated heterocycles. The van der Waals surface area contributed by atoms with Gasteiger partial charge in [-0.1, -0.05) is 11.3 Å². The van der Waals surface area contributed by atoms with Crippen molar-refractivity contribution in [3.63, 3.8) is 0 Å². The van der Waals surface area contributed by atoms with Gasteiger partial charge in [0.1, 0.15) is 11.6 Å². The second-order valence-corrected chi connectivity index (χ2v) is 5.99. The zero-order valence-corrected chi connectivity index (χ0v) is 12.9. The van der Waals surface area contributed by atoms with Crippen LogP contribution in [0.5, 0.6) is 5.75 Å². The third-order valence-corrected chi connectivity index (χ3v) is 4.31. The Hall–Kier alpha value is -1.66. The van der Waals surface area contributed by atoms with E-state index in [1.165, 1.54) is 17.4 Å². The molecule has 0 fully saturated rings. The minimum atomic E-state index is -0.287. The summed E-state index contributed by atoms with van der Waals surface area (Å²) in [7, 11) is 1.64. The molecule has 3 rings (SSSR count). The molecule has 0 amide bonds. The van der Waals surface area contributed by atoms with E-state index in [0.29, 0.717) is 4.47 Å². The minimum absolute atomic E-state index is 0.287. The third-order valence-electron chi connectivity index (χ3n) is 2.77. The number of halogens is 2. The lowest BCUT2D eigenvalue weighted by Crippen LogP contribution is -1.89. The van der Waals surface area contributed by atoms with Gasteiger partial charge in [0.2, 0.25) is 0 Å². The van der Waals surface area contributed by atoms with Gasteiger partial charge in [-0.25, -0.2) is 9.37 Å². The van der Waals surface area contributed by atoms with Gasteiger partial charge < -0.3 is 10.1 Å². The normalized spacial score (nSPS) is 10.8. The van der Waals surface area contributed by atoms with Crippen LogP contribution in [0.3, 0.4) is 0 Å². The highest BCUT2D eigenvalue weighted by atomic mass is 79.9. The number of benzene rings is 2. The molecule has 0 aliphatic heterocycles. The van der Waals surface area contributed by atoms with Gasteiger partial charge in [0.25, 0.3) is 0 Å². The van der Waals surface area contributed by atoms with E-state index >= 15 is 0 Å². The molecular weight excluding hydrogens is 343 g/mol. The fourth-order valence-corrected chi connectivity index (χ4v) is 3.08. The van der Waals surface area contributed by atoms with Crippen molar-refractivity contribution >= 4 is 48.3 Å². The Labute approximate surface area is 127 Å². The van der Waals surface area contributed by atoms with Crippen LogP contribution in [0.4, 0.5) is 15.2 Å². The number of nitrogens with one attached hydrogen (secondary N) is 1. The lowest BCUT2D eigenvalue weighted by atomic mass is 10.3. The maximum Gasteiger partial charge on any atom is 0.188 e. The van der Waals surface area contributed by atoms with Crippen LogP contribution in [0, 0.1) is 5.82 Å². The van der Waals surface area contributed by atoms with Crippen LogP contribution in [-0.4, -0.2) is 12.1 Å². The van der Waals surface area contributed by atoms with Crippen molar-refractivity contribution in [2.24, 2.45) is 0 Å². The Balaban J connectivity index is 1.92. The van der Waals surface area contributed by atoms with E-state index in [4.69, 9.17) is 4.74 Å². The number of rotatable bonds is 3. The van der Waals surface area contributed by atoms with Crippen LogP contribution in [0.2, 0.25) is 0 Å². The summed E-state index contributed by atoms with van der Waals surface area (Å²) in [5, 5.41) is 3.93. The lowest BCUT2D eigenvalue weighted by Gasteiger charge is -2.03. The number of hydrogen-bond donors (Lipinski definition) is 1. The molecule has 0 saturated carbocycles. The molecule has 2 aromatic carbocycles. The molecule has 0 atom stereocenters. The number of fused-ring (bicyclic) bond motifs is 1. The lowest BCUT2D eigenvalue weighted by molar-refractivity contribution is 0.415. The smallest absolute Gasteiger partial charge is 0.188 e. The average Bonchev–Trinajstić information content (AvgIpc) is 2.84. The molecule has 102 valence electrons. The molecule has 0 aliphatic rings. The predicted molar refractivity (Wildman–Crippen MR) is 83.6 cm³/mol. The second kappa shape index (κ2) is 5.38. The molecule has 20 heavy (non-hydrogen) atoms. The molecule has 1 aromatic heterocycles. The number of hydrogen-bond acceptors (Lipinski definition) is 4. The van der Waals surface area contributed by atoms with E-state index in [-0.39, 0.29) is 5.82 Å². The fourth-order valence-electron chi connectivity index (χ4n) is 1.78. The Morgan fingerprint density at radius 3 is 2.85 bits per heavy atom. The topological polar surface area (TPSA) is 34.1 Å². The van der Waals surface area contributed by atoms with E-state index in [1.54, 1.807) is 19.2 Å². The van der Waals surface area contributed by atoms with E-state index in [9.17, 15) is 4.39 Å². The van der Waals surface area contributed by atoms with Gasteiger partial charge in [0.15, 0.2) is 5.13 Å². The van der Waals surface area contributed by atoms with Crippen molar-refractivity contribution in [1.82, 2.24) is 4.98 Å². The largest absolute Gasteiger partial charge is 0.497 e. The number of anilines is 2. The van der Waals surface area contributed by atoms with Gasteiger partial charge in [-0.15, -0.1) is 0 Å². The first kappa shape index (κ1) is 13.3. The first-order valence-corrected chi connectivity index (χ1v) is 7.43. The van der Waals surface area contributed by atoms with Crippen LogP contribution in [0.15, 0.2) is 40.9 Å². The van der Waals surface area contributed by atoms with Crippen LogP contribution in [0.1, 0.15) is 0 Å². The third kappa shape index (κ3) is 2.62. The van der Waals surface area contributed by atoms with Crippen molar-refractivity contribution in [2.45, 2.75) is 0 Å². The Kier molecular flexibility index (Phi) is 3.58. The van der Waals surface area contributed by atoms with Gasteiger partial charge in [-0.05, 0) is 52.3 Å². The summed E-state index contributed by atoms with van der Waals surface area (Å²) in [6.45, 7) is 0. The summed E-state index contributed by atoms with van der Waals surface area (Å²) >= 11 is 4.68. The minimum Gasteiger partial charge on any atom is -0.497 e. The zero-order valence-electron chi connectivity index (χ0n) is 10.5. The molecular formula is C14H10BrFN2OS. The monoisotopic (exact) mass is 352 g/mol. The Morgan fingerprint density at radius 2 is 2.10 bits per heavy atom. The highest BCUT2D eigenvalue weighted by Crippen LogP contribution is 2.31. The first-order valence-electron chi connectivity index (χ1n) is 5.82. The molecule has 0 unspecified atom stereocenters. The van der Waals surface area contributed by atoms with Crippen LogP contribution in [-0.2, 0) is 0 Å². The van der Waals surface area contributed by atoms with E-state index in [1.807, 2.05) is 18.2 Å². The quantitative estimate of drug-likeness (QED) is 0.723. The first-order chi connectivity index (χ1) is 9.65. The molecule has 6 heteroatoms. The summed E-state index contributed by atoms with van der Waals surface area (Å²) < 4.78 is 19.8. The van der Waals surface area contributed by atoms with Gasteiger partial charge in [-0.2, -0.15) is 0 Å². The van der Waals surface area contributed by atoms with E-state index < -0.39 is 0 Å². The molecule has 0 bridgehead atoms. The highest BCUT2D eigenvalue weighted by Gasteiger charge is 2.06. The second-order valence-electron chi connectivity index (χ2n) is 4.11. The molecule has 0 radical (unpaired) electrons. The number of ether oxygens (including phenoxy) is 1. The fraction of sp³-hybridized carbons (Fsp3) is 0.0714. The number of aromatic nitrogens is 1. The summed E-state index contributed by atoms with van der Waals surface area (Å²) in [5.41, 5.74) is 1.68. The molecule has 0 aliphatic carbocycles. The summed E-state index contributed by atoms with van der Waals surface area (Å²) in [5.74, 6) is 0.516. The van der Waals surface area contributed by atoms with Gasteiger partial charge in [0, 0.05) is 5.69 Å². The van der Waals surface area contributed by atoms with E-state index in [2.05, 4.69) is 26.2 Å². The Bertz CT molecular complexity index is 775. The predicted octanol–water partition coefficient (Wildman–Crippen LogP) is 4.95. The highest BCUT2D eigenvalue weighted by molar-refractivity contribution is 9.10. The number of thiazole rings is 1. The van der Waals surface area contributed by atoms with E-state index in [0.717, 1.165) is 26.8 Å². The zero-order chi connectivity index (χ0) is 14.1. The van der Waals surface area contributed by atoms with Crippen molar-refractivity contribution in [3.8, 4) is 5.75 Å². The van der Waals surface area contributed by atoms with Crippen LogP contribution < -0.4 is 10.1 Å². The Morgan fingerprint density at radius 1 is 1.25 bits per heavy atom. The molecule has 1 N–H and O–H groups in total. The standard InChI is InChI=1S/C14H10BrFN2OS/c1-19-9-3-5-12-13(7-9)20-14(18-12)17-8-2-4-11(16)10(15)6-8/h2-7H,1H3,(H,17,18). The number of methoxy groups -OCH3 is 1. The summed E-state index contributed by atoms with van der Waals surface area (Å²) in [6.07, 6.45) is 0. The average molecular weight is 353 g/mol. The van der Waals surface area contributed by atoms with Crippen molar-refractivity contribution in [1.29, 1.82) is 0 Å². The van der Waals surface area contributed by atoms with Crippen molar-refractivity contribution in [2.75, 3.05) is 12.4 Å². The SMILES string of the molecule is COc1ccc2nc(Nc3ccc(F)c(Br)c3)sc2c1. The molecule has 3 aromatic rings. The summed E-state index contributed by atoms with van der Waals surface area (Å²) in [6, 6.07) is 10.5. The van der Waals surface area contributed by atoms with Crippen molar-refractivity contribution < 1.29 is 9.13 Å². The molecule has 3 nitrogen and oxygen atoms in total. The molecule has 1 heterocycles.